The maximum Gasteiger partial charge on any atom is 0.326 e. The molecular weight excluding hydrogens is 420 g/mol. The molecule has 0 saturated heterocycles. The predicted octanol–water partition coefficient (Wildman–Crippen LogP) is 3.41. The SMILES string of the molecule is COc1ccc(CCNC(=O)c2ccc(NC(=O)N3C=C4C=CNC=C4C3)cc2)cc1OC. The van der Waals surface area contributed by atoms with Gasteiger partial charge in [0.25, 0.3) is 5.91 Å². The van der Waals surface area contributed by atoms with Crippen molar-refractivity contribution < 1.29 is 19.1 Å². The lowest BCUT2D eigenvalue weighted by Gasteiger charge is -2.15. The van der Waals surface area contributed by atoms with Gasteiger partial charge in [0.05, 0.1) is 20.8 Å². The summed E-state index contributed by atoms with van der Waals surface area (Å²) in [5.41, 5.74) is 4.26. The van der Waals surface area contributed by atoms with Gasteiger partial charge < -0.3 is 25.4 Å². The molecule has 0 saturated carbocycles. The summed E-state index contributed by atoms with van der Waals surface area (Å²) >= 11 is 0. The number of rotatable bonds is 7. The van der Waals surface area contributed by atoms with Gasteiger partial charge in [0.2, 0.25) is 0 Å². The smallest absolute Gasteiger partial charge is 0.326 e. The highest BCUT2D eigenvalue weighted by atomic mass is 16.5. The van der Waals surface area contributed by atoms with Gasteiger partial charge >= 0.3 is 6.03 Å². The number of carbonyl (C=O) groups is 2. The highest BCUT2D eigenvalue weighted by molar-refractivity contribution is 5.95. The molecule has 3 N–H and O–H groups in total. The fourth-order valence-electron chi connectivity index (χ4n) is 3.63. The fraction of sp³-hybridized carbons (Fsp3) is 0.200. The molecule has 3 amide bonds. The van der Waals surface area contributed by atoms with Gasteiger partial charge in [0.15, 0.2) is 11.5 Å². The van der Waals surface area contributed by atoms with Crippen molar-refractivity contribution in [2.75, 3.05) is 32.6 Å². The zero-order valence-corrected chi connectivity index (χ0v) is 18.6. The second-order valence-corrected chi connectivity index (χ2v) is 7.58. The lowest BCUT2D eigenvalue weighted by atomic mass is 10.1. The third-order valence-corrected chi connectivity index (χ3v) is 5.43. The average Bonchev–Trinajstić information content (AvgIpc) is 3.29. The molecule has 2 aromatic carbocycles. The summed E-state index contributed by atoms with van der Waals surface area (Å²) in [5, 5.41) is 8.80. The van der Waals surface area contributed by atoms with Crippen LogP contribution in [-0.2, 0) is 6.42 Å². The van der Waals surface area contributed by atoms with E-state index in [-0.39, 0.29) is 11.9 Å². The van der Waals surface area contributed by atoms with E-state index in [4.69, 9.17) is 9.47 Å². The van der Waals surface area contributed by atoms with Crippen molar-refractivity contribution in [3.63, 3.8) is 0 Å². The standard InChI is InChI=1S/C25H26N4O4/c1-32-22-8-3-17(13-23(22)33-2)9-12-27-24(30)18-4-6-21(7-5-18)28-25(31)29-15-19-10-11-26-14-20(19)16-29/h3-8,10-11,13-15,26H,9,12,16H2,1-2H3,(H,27,30)(H,28,31). The molecule has 0 bridgehead atoms. The lowest BCUT2D eigenvalue weighted by Crippen LogP contribution is -2.29. The molecule has 2 aliphatic heterocycles. The van der Waals surface area contributed by atoms with Crippen molar-refractivity contribution in [1.29, 1.82) is 0 Å². The molecular formula is C25H26N4O4. The van der Waals surface area contributed by atoms with Gasteiger partial charge in [-0.1, -0.05) is 6.07 Å². The molecule has 8 nitrogen and oxygen atoms in total. The van der Waals surface area contributed by atoms with E-state index in [2.05, 4.69) is 16.0 Å². The van der Waals surface area contributed by atoms with E-state index in [9.17, 15) is 9.59 Å². The van der Waals surface area contributed by atoms with Crippen LogP contribution in [0.4, 0.5) is 10.5 Å². The van der Waals surface area contributed by atoms with Gasteiger partial charge in [0, 0.05) is 36.4 Å². The van der Waals surface area contributed by atoms with E-state index in [0.29, 0.717) is 42.3 Å². The topological polar surface area (TPSA) is 91.9 Å². The number of nitrogens with zero attached hydrogens (tertiary/aromatic N) is 1. The molecule has 4 rings (SSSR count). The number of fused-ring (bicyclic) bond motifs is 1. The Morgan fingerprint density at radius 2 is 1.85 bits per heavy atom. The number of hydrogen-bond acceptors (Lipinski definition) is 5. The number of carbonyl (C=O) groups excluding carboxylic acids is 2. The van der Waals surface area contributed by atoms with Gasteiger partial charge in [-0.25, -0.2) is 4.79 Å². The van der Waals surface area contributed by atoms with Crippen molar-refractivity contribution in [1.82, 2.24) is 15.5 Å². The normalized spacial score (nSPS) is 13.9. The van der Waals surface area contributed by atoms with Crippen LogP contribution < -0.4 is 25.4 Å². The largest absolute Gasteiger partial charge is 0.493 e. The van der Waals surface area contributed by atoms with Crippen molar-refractivity contribution in [3.8, 4) is 11.5 Å². The second kappa shape index (κ2) is 9.95. The van der Waals surface area contributed by atoms with Gasteiger partial charge in [-0.15, -0.1) is 0 Å². The molecule has 8 heteroatoms. The molecule has 33 heavy (non-hydrogen) atoms. The van der Waals surface area contributed by atoms with Crippen LogP contribution in [0, 0.1) is 0 Å². The molecule has 2 aromatic rings. The molecule has 0 aromatic heterocycles. The highest BCUT2D eigenvalue weighted by Crippen LogP contribution is 2.27. The van der Waals surface area contributed by atoms with Crippen LogP contribution in [0.3, 0.4) is 0 Å². The Morgan fingerprint density at radius 1 is 1.06 bits per heavy atom. The van der Waals surface area contributed by atoms with E-state index < -0.39 is 0 Å². The minimum absolute atomic E-state index is 0.173. The summed E-state index contributed by atoms with van der Waals surface area (Å²) in [6.07, 6.45) is 8.12. The Balaban J connectivity index is 1.27. The Morgan fingerprint density at radius 3 is 2.58 bits per heavy atom. The Bertz CT molecular complexity index is 1140. The third kappa shape index (κ3) is 5.17. The zero-order chi connectivity index (χ0) is 23.2. The van der Waals surface area contributed by atoms with Crippen molar-refractivity contribution >= 4 is 17.6 Å². The molecule has 170 valence electrons. The summed E-state index contributed by atoms with van der Waals surface area (Å²) in [7, 11) is 3.19. The molecule has 0 fully saturated rings. The summed E-state index contributed by atoms with van der Waals surface area (Å²) < 4.78 is 10.6. The number of allylic oxidation sites excluding steroid dienone is 1. The van der Waals surface area contributed by atoms with Crippen LogP contribution in [0.15, 0.2) is 78.3 Å². The first-order valence-corrected chi connectivity index (χ1v) is 10.6. The number of amides is 3. The maximum atomic E-state index is 12.5. The number of urea groups is 1. The minimum atomic E-state index is -0.224. The molecule has 0 spiro atoms. The Kier molecular flexibility index (Phi) is 6.64. The molecule has 0 unspecified atom stereocenters. The minimum Gasteiger partial charge on any atom is -0.493 e. The van der Waals surface area contributed by atoms with Gasteiger partial charge in [0.1, 0.15) is 0 Å². The number of dihydropyridines is 1. The van der Waals surface area contributed by atoms with E-state index >= 15 is 0 Å². The first-order chi connectivity index (χ1) is 16.1. The van der Waals surface area contributed by atoms with Gasteiger partial charge in [-0.05, 0) is 65.6 Å². The average molecular weight is 447 g/mol. The molecule has 0 aliphatic carbocycles. The monoisotopic (exact) mass is 446 g/mol. The summed E-state index contributed by atoms with van der Waals surface area (Å²) in [6.45, 7) is 0.995. The quantitative estimate of drug-likeness (QED) is 0.606. The highest BCUT2D eigenvalue weighted by Gasteiger charge is 2.22. The van der Waals surface area contributed by atoms with Crippen LogP contribution in [-0.4, -0.2) is 44.1 Å². The number of hydrogen-bond donors (Lipinski definition) is 3. The summed E-state index contributed by atoms with van der Waals surface area (Å²) in [5.74, 6) is 1.16. The van der Waals surface area contributed by atoms with E-state index in [1.165, 1.54) is 0 Å². The van der Waals surface area contributed by atoms with Crippen molar-refractivity contribution in [2.45, 2.75) is 6.42 Å². The predicted molar refractivity (Wildman–Crippen MR) is 126 cm³/mol. The summed E-state index contributed by atoms with van der Waals surface area (Å²) in [4.78, 5) is 26.6. The Hall–Kier alpha value is -4.20. The van der Waals surface area contributed by atoms with Crippen LogP contribution >= 0.6 is 0 Å². The second-order valence-electron chi connectivity index (χ2n) is 7.58. The van der Waals surface area contributed by atoms with Crippen molar-refractivity contribution in [2.24, 2.45) is 0 Å². The van der Waals surface area contributed by atoms with Crippen molar-refractivity contribution in [3.05, 3.63) is 89.4 Å². The molecule has 2 aliphatic rings. The van der Waals surface area contributed by atoms with Crippen LogP contribution in [0.1, 0.15) is 15.9 Å². The number of nitrogens with one attached hydrogen (secondary N) is 3. The molecule has 0 radical (unpaired) electrons. The van der Waals surface area contributed by atoms with E-state index in [1.54, 1.807) is 43.4 Å². The molecule has 2 heterocycles. The van der Waals surface area contributed by atoms with Crippen LogP contribution in [0.25, 0.3) is 0 Å². The van der Waals surface area contributed by atoms with Gasteiger partial charge in [-0.3, -0.25) is 9.69 Å². The first-order valence-electron chi connectivity index (χ1n) is 10.6. The third-order valence-electron chi connectivity index (χ3n) is 5.43. The Labute approximate surface area is 192 Å². The number of ether oxygens (including phenoxy) is 2. The summed E-state index contributed by atoms with van der Waals surface area (Å²) in [6, 6.07) is 12.3. The maximum absolute atomic E-state index is 12.5. The first kappa shape index (κ1) is 22.0. The van der Waals surface area contributed by atoms with Gasteiger partial charge in [-0.2, -0.15) is 0 Å². The van der Waals surface area contributed by atoms with Crippen LogP contribution in [0.2, 0.25) is 0 Å². The van der Waals surface area contributed by atoms with E-state index in [1.807, 2.05) is 42.9 Å². The number of methoxy groups -OCH3 is 2. The lowest BCUT2D eigenvalue weighted by molar-refractivity contribution is 0.0954. The van der Waals surface area contributed by atoms with Crippen LogP contribution in [0.5, 0.6) is 11.5 Å². The zero-order valence-electron chi connectivity index (χ0n) is 18.6. The van der Waals surface area contributed by atoms with E-state index in [0.717, 1.165) is 16.7 Å². The molecule has 0 atom stereocenters. The number of anilines is 1. The number of benzene rings is 2. The fourth-order valence-corrected chi connectivity index (χ4v) is 3.63.